The van der Waals surface area contributed by atoms with Gasteiger partial charge in [-0.05, 0) is 34.1 Å². The Kier molecular flexibility index (Phi) is 4.12. The van der Waals surface area contributed by atoms with Crippen LogP contribution >= 0.6 is 15.9 Å². The van der Waals surface area contributed by atoms with Crippen LogP contribution < -0.4 is 10.5 Å². The van der Waals surface area contributed by atoms with Crippen molar-refractivity contribution in [2.75, 3.05) is 5.32 Å². The molecule has 0 bridgehead atoms. The van der Waals surface area contributed by atoms with Gasteiger partial charge in [0.25, 0.3) is 5.91 Å². The molecule has 0 fully saturated rings. The van der Waals surface area contributed by atoms with E-state index in [9.17, 15) is 13.2 Å². The molecule has 0 aliphatic heterocycles. The van der Waals surface area contributed by atoms with Gasteiger partial charge in [0.15, 0.2) is 0 Å². The lowest BCUT2D eigenvalue weighted by atomic mass is 10.3. The van der Waals surface area contributed by atoms with Crippen molar-refractivity contribution < 1.29 is 13.2 Å². The van der Waals surface area contributed by atoms with Crippen LogP contribution in [0.25, 0.3) is 0 Å². The Bertz CT molecular complexity index is 750. The molecule has 0 saturated carbocycles. The molecule has 0 aliphatic carbocycles. The minimum atomic E-state index is -3.81. The smallest absolute Gasteiger partial charge is 0.258 e. The van der Waals surface area contributed by atoms with Gasteiger partial charge in [-0.15, -0.1) is 0 Å². The maximum absolute atomic E-state index is 11.9. The van der Waals surface area contributed by atoms with Crippen LogP contribution in [0.2, 0.25) is 0 Å². The van der Waals surface area contributed by atoms with E-state index in [-0.39, 0.29) is 9.37 Å². The number of benzene rings is 1. The van der Waals surface area contributed by atoms with E-state index in [0.29, 0.717) is 11.3 Å². The molecule has 0 atom stereocenters. The fourth-order valence-corrected chi connectivity index (χ4v) is 3.07. The van der Waals surface area contributed by atoms with Gasteiger partial charge in [-0.3, -0.25) is 4.79 Å². The second kappa shape index (κ2) is 5.65. The van der Waals surface area contributed by atoms with Crippen molar-refractivity contribution in [3.8, 4) is 0 Å². The highest BCUT2D eigenvalue weighted by molar-refractivity contribution is 9.10. The fourth-order valence-electron chi connectivity index (χ4n) is 1.43. The number of carbonyl (C=O) groups excluding carboxylic acids is 1. The van der Waals surface area contributed by atoms with Gasteiger partial charge in [0.1, 0.15) is 6.33 Å². The van der Waals surface area contributed by atoms with E-state index >= 15 is 0 Å². The van der Waals surface area contributed by atoms with Gasteiger partial charge in [0.05, 0.1) is 10.5 Å². The number of nitrogens with zero attached hydrogens (tertiary/aromatic N) is 2. The molecule has 2 aromatic rings. The molecule has 2 rings (SSSR count). The molecule has 0 saturated heterocycles. The molecule has 104 valence electrons. The third-order valence-electron chi connectivity index (χ3n) is 2.32. The van der Waals surface area contributed by atoms with E-state index in [1.165, 1.54) is 36.9 Å². The largest absolute Gasteiger partial charge is 0.322 e. The molecule has 20 heavy (non-hydrogen) atoms. The van der Waals surface area contributed by atoms with Crippen molar-refractivity contribution in [3.63, 3.8) is 0 Å². The number of anilines is 1. The minimum absolute atomic E-state index is 0.0569. The van der Waals surface area contributed by atoms with Crippen molar-refractivity contribution in [2.24, 2.45) is 5.14 Å². The Balaban J connectivity index is 2.24. The van der Waals surface area contributed by atoms with E-state index in [0.717, 1.165) is 0 Å². The van der Waals surface area contributed by atoms with Gasteiger partial charge in [-0.1, -0.05) is 0 Å². The number of aromatic nitrogens is 2. The fraction of sp³-hybridized carbons (Fsp3) is 0. The van der Waals surface area contributed by atoms with Crippen molar-refractivity contribution in [2.45, 2.75) is 4.90 Å². The molecule has 0 spiro atoms. The van der Waals surface area contributed by atoms with Crippen LogP contribution in [0.5, 0.6) is 0 Å². The summed E-state index contributed by atoms with van der Waals surface area (Å²) in [6.07, 6.45) is 4.06. The quantitative estimate of drug-likeness (QED) is 0.855. The van der Waals surface area contributed by atoms with Crippen LogP contribution in [0.3, 0.4) is 0 Å². The maximum Gasteiger partial charge on any atom is 0.258 e. The van der Waals surface area contributed by atoms with Crippen LogP contribution in [-0.2, 0) is 10.0 Å². The summed E-state index contributed by atoms with van der Waals surface area (Å²) in [6.45, 7) is 0. The summed E-state index contributed by atoms with van der Waals surface area (Å²) in [5.41, 5.74) is 0.706. The van der Waals surface area contributed by atoms with Crippen LogP contribution in [0.1, 0.15) is 10.4 Å². The highest BCUT2D eigenvalue weighted by atomic mass is 79.9. The van der Waals surface area contributed by atoms with Crippen LogP contribution in [0, 0.1) is 0 Å². The minimum Gasteiger partial charge on any atom is -0.322 e. The molecule has 0 unspecified atom stereocenters. The average molecular weight is 357 g/mol. The number of nitrogens with two attached hydrogens (primary N) is 1. The summed E-state index contributed by atoms with van der Waals surface area (Å²) in [4.78, 5) is 19.3. The summed E-state index contributed by atoms with van der Waals surface area (Å²) >= 11 is 3.09. The van der Waals surface area contributed by atoms with Gasteiger partial charge >= 0.3 is 0 Å². The standard InChI is InChI=1S/C11H9BrN4O3S/c12-9-3-8(1-2-10(9)20(13,18)19)16-11(17)7-4-14-6-15-5-7/h1-6H,(H,16,17)(H2,13,18,19). The average Bonchev–Trinajstić information content (AvgIpc) is 2.38. The highest BCUT2D eigenvalue weighted by Crippen LogP contribution is 2.24. The highest BCUT2D eigenvalue weighted by Gasteiger charge is 2.14. The third-order valence-corrected chi connectivity index (χ3v) is 4.21. The molecule has 0 aliphatic rings. The first-order valence-corrected chi connectivity index (χ1v) is 7.60. The maximum atomic E-state index is 11.9. The number of primary sulfonamides is 1. The number of amides is 1. The second-order valence-electron chi connectivity index (χ2n) is 3.77. The lowest BCUT2D eigenvalue weighted by molar-refractivity contribution is 0.102. The SMILES string of the molecule is NS(=O)(=O)c1ccc(NC(=O)c2cncnc2)cc1Br. The Morgan fingerprint density at radius 1 is 1.25 bits per heavy atom. The number of carbonyl (C=O) groups is 1. The molecule has 1 aromatic carbocycles. The molecule has 3 N–H and O–H groups in total. The Labute approximate surface area is 123 Å². The first-order valence-electron chi connectivity index (χ1n) is 5.26. The van der Waals surface area contributed by atoms with Gasteiger partial charge in [-0.25, -0.2) is 23.5 Å². The van der Waals surface area contributed by atoms with Gasteiger partial charge < -0.3 is 5.32 Å². The lowest BCUT2D eigenvalue weighted by Gasteiger charge is -2.07. The van der Waals surface area contributed by atoms with E-state index in [1.807, 2.05) is 0 Å². The van der Waals surface area contributed by atoms with E-state index in [1.54, 1.807) is 0 Å². The molecule has 1 aromatic heterocycles. The first-order chi connectivity index (χ1) is 9.38. The predicted molar refractivity (Wildman–Crippen MR) is 75.5 cm³/mol. The Morgan fingerprint density at radius 2 is 1.90 bits per heavy atom. The van der Waals surface area contributed by atoms with Crippen LogP contribution in [0.15, 0.2) is 46.3 Å². The number of halogens is 1. The monoisotopic (exact) mass is 356 g/mol. The number of hydrogen-bond acceptors (Lipinski definition) is 5. The first kappa shape index (κ1) is 14.6. The zero-order valence-corrected chi connectivity index (χ0v) is 12.3. The van der Waals surface area contributed by atoms with Crippen molar-refractivity contribution >= 4 is 37.5 Å². The van der Waals surface area contributed by atoms with E-state index < -0.39 is 15.9 Å². The van der Waals surface area contributed by atoms with Gasteiger partial charge in [0.2, 0.25) is 10.0 Å². The molecule has 9 heteroatoms. The third kappa shape index (κ3) is 3.38. The molecule has 1 amide bonds. The molecule has 1 heterocycles. The second-order valence-corrected chi connectivity index (χ2v) is 6.16. The number of nitrogens with one attached hydrogen (secondary N) is 1. The van der Waals surface area contributed by atoms with Crippen LogP contribution in [-0.4, -0.2) is 24.3 Å². The predicted octanol–water partition coefficient (Wildman–Crippen LogP) is 1.14. The summed E-state index contributed by atoms with van der Waals surface area (Å²) in [6, 6.07) is 4.18. The van der Waals surface area contributed by atoms with E-state index in [2.05, 4.69) is 31.2 Å². The molecular formula is C11H9BrN4O3S. The normalized spacial score (nSPS) is 11.1. The van der Waals surface area contributed by atoms with Gasteiger partial charge in [0, 0.05) is 22.6 Å². The topological polar surface area (TPSA) is 115 Å². The Morgan fingerprint density at radius 3 is 2.45 bits per heavy atom. The van der Waals surface area contributed by atoms with Gasteiger partial charge in [-0.2, -0.15) is 0 Å². The zero-order valence-electron chi connectivity index (χ0n) is 9.95. The zero-order chi connectivity index (χ0) is 14.8. The lowest BCUT2D eigenvalue weighted by Crippen LogP contribution is -2.14. The summed E-state index contributed by atoms with van der Waals surface area (Å²) < 4.78 is 22.8. The Hall–Kier alpha value is -1.84. The van der Waals surface area contributed by atoms with Crippen molar-refractivity contribution in [1.29, 1.82) is 0 Å². The van der Waals surface area contributed by atoms with Crippen molar-refractivity contribution in [3.05, 3.63) is 47.0 Å². The number of hydrogen-bond donors (Lipinski definition) is 2. The summed E-state index contributed by atoms with van der Waals surface area (Å²) in [7, 11) is -3.81. The summed E-state index contributed by atoms with van der Waals surface area (Å²) in [5, 5.41) is 7.63. The number of rotatable bonds is 3. The molecule has 0 radical (unpaired) electrons. The molecular weight excluding hydrogens is 348 g/mol. The van der Waals surface area contributed by atoms with E-state index in [4.69, 9.17) is 5.14 Å². The summed E-state index contributed by atoms with van der Waals surface area (Å²) in [5.74, 6) is -0.402. The van der Waals surface area contributed by atoms with Crippen LogP contribution in [0.4, 0.5) is 5.69 Å². The number of sulfonamides is 1. The molecule has 7 nitrogen and oxygen atoms in total. The van der Waals surface area contributed by atoms with Crippen molar-refractivity contribution in [1.82, 2.24) is 9.97 Å².